The van der Waals surface area contributed by atoms with Crippen molar-refractivity contribution in [1.82, 2.24) is 15.5 Å². The van der Waals surface area contributed by atoms with E-state index in [1.807, 2.05) is 11.9 Å². The van der Waals surface area contributed by atoms with Gasteiger partial charge in [-0.25, -0.2) is 0 Å². The number of ether oxygens (including phenoxy) is 1. The molecular formula is C19H33N3O3. The van der Waals surface area contributed by atoms with Crippen LogP contribution in [0.5, 0.6) is 0 Å². The van der Waals surface area contributed by atoms with Gasteiger partial charge in [0.1, 0.15) is 0 Å². The fourth-order valence-corrected chi connectivity index (χ4v) is 3.81. The Morgan fingerprint density at radius 3 is 2.60 bits per heavy atom. The lowest BCUT2D eigenvalue weighted by molar-refractivity contribution is -0.136. The van der Waals surface area contributed by atoms with Crippen LogP contribution in [0.4, 0.5) is 0 Å². The van der Waals surface area contributed by atoms with Crippen molar-refractivity contribution in [2.75, 3.05) is 33.4 Å². The fourth-order valence-electron chi connectivity index (χ4n) is 3.81. The lowest BCUT2D eigenvalue weighted by Crippen LogP contribution is -2.44. The Morgan fingerprint density at radius 2 is 1.88 bits per heavy atom. The van der Waals surface area contributed by atoms with Crippen molar-refractivity contribution >= 4 is 11.8 Å². The zero-order valence-electron chi connectivity index (χ0n) is 15.5. The minimum absolute atomic E-state index is 0.0537. The number of hydrogen-bond donors (Lipinski definition) is 2. The molecule has 2 atom stereocenters. The Labute approximate surface area is 151 Å². The minimum Gasteiger partial charge on any atom is -0.381 e. The molecule has 0 aromatic carbocycles. The summed E-state index contributed by atoms with van der Waals surface area (Å²) in [7, 11) is 1.87. The van der Waals surface area contributed by atoms with E-state index in [4.69, 9.17) is 4.74 Å². The molecule has 0 bridgehead atoms. The quantitative estimate of drug-likeness (QED) is 0.783. The predicted octanol–water partition coefficient (Wildman–Crippen LogP) is 1.30. The smallest absolute Gasteiger partial charge is 0.223 e. The monoisotopic (exact) mass is 351 g/mol. The Bertz CT molecular complexity index is 461. The lowest BCUT2D eigenvalue weighted by atomic mass is 9.95. The molecule has 0 spiro atoms. The first-order valence-corrected chi connectivity index (χ1v) is 9.97. The molecular weight excluding hydrogens is 318 g/mol. The molecule has 0 radical (unpaired) electrons. The fraction of sp³-hybridized carbons (Fsp3) is 0.895. The highest BCUT2D eigenvalue weighted by atomic mass is 16.5. The maximum absolute atomic E-state index is 12.7. The van der Waals surface area contributed by atoms with Gasteiger partial charge in [0.05, 0.1) is 0 Å². The van der Waals surface area contributed by atoms with Gasteiger partial charge in [-0.1, -0.05) is 6.42 Å². The summed E-state index contributed by atoms with van der Waals surface area (Å²) in [5, 5.41) is 6.78. The van der Waals surface area contributed by atoms with Crippen LogP contribution in [0.25, 0.3) is 0 Å². The second-order valence-electron chi connectivity index (χ2n) is 8.05. The highest BCUT2D eigenvalue weighted by molar-refractivity contribution is 5.86. The summed E-state index contributed by atoms with van der Waals surface area (Å²) in [5.41, 5.74) is 0. The molecule has 2 unspecified atom stereocenters. The number of hydrogen-bond acceptors (Lipinski definition) is 4. The highest BCUT2D eigenvalue weighted by Gasteiger charge is 2.29. The van der Waals surface area contributed by atoms with Gasteiger partial charge in [0.2, 0.25) is 11.8 Å². The summed E-state index contributed by atoms with van der Waals surface area (Å²) in [5.74, 6) is 0.789. The lowest BCUT2D eigenvalue weighted by Gasteiger charge is -2.26. The van der Waals surface area contributed by atoms with Crippen molar-refractivity contribution in [3.63, 3.8) is 0 Å². The van der Waals surface area contributed by atoms with Crippen molar-refractivity contribution in [1.29, 1.82) is 0 Å². The van der Waals surface area contributed by atoms with E-state index in [0.29, 0.717) is 25.7 Å². The van der Waals surface area contributed by atoms with E-state index in [1.165, 1.54) is 12.8 Å². The van der Waals surface area contributed by atoms with Gasteiger partial charge in [-0.05, 0) is 51.0 Å². The molecule has 6 heteroatoms. The first-order valence-electron chi connectivity index (χ1n) is 9.97. The SMILES string of the molecule is CN1CC(NCC2CC2)CCCC(C(=O)NC2CCOCC2)CC1=O. The number of amides is 2. The topological polar surface area (TPSA) is 70.7 Å². The van der Waals surface area contributed by atoms with Crippen LogP contribution in [0.15, 0.2) is 0 Å². The minimum atomic E-state index is -0.194. The van der Waals surface area contributed by atoms with E-state index in [9.17, 15) is 9.59 Å². The molecule has 2 aliphatic heterocycles. The molecule has 2 N–H and O–H groups in total. The third-order valence-electron chi connectivity index (χ3n) is 5.78. The number of nitrogens with one attached hydrogen (secondary N) is 2. The molecule has 3 rings (SSSR count). The first-order chi connectivity index (χ1) is 12.1. The van der Waals surface area contributed by atoms with E-state index in [1.54, 1.807) is 0 Å². The summed E-state index contributed by atoms with van der Waals surface area (Å²) >= 11 is 0. The third-order valence-corrected chi connectivity index (χ3v) is 5.78. The number of likely N-dealkylation sites (N-methyl/N-ethyl adjacent to an activating group) is 1. The molecule has 1 saturated carbocycles. The van der Waals surface area contributed by atoms with Gasteiger partial charge in [0.15, 0.2) is 0 Å². The number of carbonyl (C=O) groups is 2. The van der Waals surface area contributed by atoms with E-state index in [2.05, 4.69) is 10.6 Å². The Morgan fingerprint density at radius 1 is 1.12 bits per heavy atom. The third kappa shape index (κ3) is 5.96. The highest BCUT2D eigenvalue weighted by Crippen LogP contribution is 2.28. The van der Waals surface area contributed by atoms with Crippen molar-refractivity contribution in [2.24, 2.45) is 11.8 Å². The van der Waals surface area contributed by atoms with E-state index < -0.39 is 0 Å². The molecule has 2 amide bonds. The predicted molar refractivity (Wildman–Crippen MR) is 96.1 cm³/mol. The van der Waals surface area contributed by atoms with Crippen LogP contribution in [0.3, 0.4) is 0 Å². The van der Waals surface area contributed by atoms with Crippen molar-refractivity contribution < 1.29 is 14.3 Å². The van der Waals surface area contributed by atoms with Crippen LogP contribution in [-0.2, 0) is 14.3 Å². The van der Waals surface area contributed by atoms with Gasteiger partial charge >= 0.3 is 0 Å². The van der Waals surface area contributed by atoms with Crippen molar-refractivity contribution in [2.45, 2.75) is 63.5 Å². The average molecular weight is 351 g/mol. The molecule has 2 heterocycles. The van der Waals surface area contributed by atoms with Gasteiger partial charge in [-0.2, -0.15) is 0 Å². The summed E-state index contributed by atoms with van der Waals surface area (Å²) in [4.78, 5) is 27.0. The van der Waals surface area contributed by atoms with Crippen LogP contribution in [-0.4, -0.2) is 62.1 Å². The van der Waals surface area contributed by atoms with E-state index in [-0.39, 0.29) is 23.8 Å². The maximum atomic E-state index is 12.7. The second-order valence-corrected chi connectivity index (χ2v) is 8.05. The van der Waals surface area contributed by atoms with Gasteiger partial charge < -0.3 is 20.3 Å². The molecule has 1 aliphatic carbocycles. The Kier molecular flexibility index (Phi) is 6.70. The molecule has 6 nitrogen and oxygen atoms in total. The Balaban J connectivity index is 1.52. The summed E-state index contributed by atoms with van der Waals surface area (Å²) in [6, 6.07) is 0.557. The van der Waals surface area contributed by atoms with Crippen LogP contribution >= 0.6 is 0 Å². The van der Waals surface area contributed by atoms with E-state index >= 15 is 0 Å². The average Bonchev–Trinajstić information content (AvgIpc) is 3.42. The largest absolute Gasteiger partial charge is 0.381 e. The second kappa shape index (κ2) is 8.99. The molecule has 2 saturated heterocycles. The zero-order valence-corrected chi connectivity index (χ0v) is 15.5. The van der Waals surface area contributed by atoms with Crippen LogP contribution in [0.1, 0.15) is 51.4 Å². The van der Waals surface area contributed by atoms with Gasteiger partial charge in [0.25, 0.3) is 0 Å². The van der Waals surface area contributed by atoms with Gasteiger partial charge in [-0.15, -0.1) is 0 Å². The zero-order chi connectivity index (χ0) is 17.6. The van der Waals surface area contributed by atoms with Crippen LogP contribution in [0, 0.1) is 11.8 Å². The summed E-state index contributed by atoms with van der Waals surface area (Å²) in [6.07, 6.45) is 7.59. The van der Waals surface area contributed by atoms with Gasteiger partial charge in [0, 0.05) is 51.2 Å². The number of rotatable bonds is 5. The van der Waals surface area contributed by atoms with Crippen LogP contribution < -0.4 is 10.6 Å². The summed E-state index contributed by atoms with van der Waals surface area (Å²) in [6.45, 7) is 3.25. The molecule has 0 aromatic heterocycles. The molecule has 3 fully saturated rings. The molecule has 0 aromatic rings. The van der Waals surface area contributed by atoms with Crippen LogP contribution in [0.2, 0.25) is 0 Å². The number of nitrogens with zero attached hydrogens (tertiary/aromatic N) is 1. The van der Waals surface area contributed by atoms with E-state index in [0.717, 1.165) is 51.1 Å². The Hall–Kier alpha value is -1.14. The molecule has 142 valence electrons. The molecule has 25 heavy (non-hydrogen) atoms. The van der Waals surface area contributed by atoms with Crippen molar-refractivity contribution in [3.8, 4) is 0 Å². The van der Waals surface area contributed by atoms with Gasteiger partial charge in [-0.3, -0.25) is 9.59 Å². The standard InChI is InChI=1S/C19H33N3O3/c1-22-13-17(20-12-14-5-6-14)4-2-3-15(11-18(22)23)19(24)21-16-7-9-25-10-8-16/h14-17,20H,2-13H2,1H3,(H,21,24). The van der Waals surface area contributed by atoms with Crippen molar-refractivity contribution in [3.05, 3.63) is 0 Å². The molecule has 3 aliphatic rings. The number of carbonyl (C=O) groups excluding carboxylic acids is 2. The first kappa shape index (κ1) is 18.6. The summed E-state index contributed by atoms with van der Waals surface area (Å²) < 4.78 is 5.35. The maximum Gasteiger partial charge on any atom is 0.223 e. The normalized spacial score (nSPS) is 29.6.